The molecule has 0 aromatic heterocycles. The molecule has 1 unspecified atom stereocenters. The van der Waals surface area contributed by atoms with E-state index in [9.17, 15) is 0 Å². The molecule has 0 aliphatic carbocycles. The number of hydrogen-bond donors (Lipinski definition) is 1. The standard InChI is InChI=1S/C11H17N.ClH/c1-4-11(3,12)10-8-6-5-7-9(10)2;/h5-8H,4,12H2,1-3H3;1H. The minimum atomic E-state index is -0.175. The normalized spacial score (nSPS) is 14.5. The largest absolute Gasteiger partial charge is 0.322 e. The molecule has 0 bridgehead atoms. The van der Waals surface area contributed by atoms with Crippen molar-refractivity contribution in [3.05, 3.63) is 35.4 Å². The Balaban J connectivity index is 0.00000144. The van der Waals surface area contributed by atoms with E-state index in [0.29, 0.717) is 0 Å². The second-order valence-corrected chi connectivity index (χ2v) is 3.59. The molecule has 2 N–H and O–H groups in total. The third-order valence-electron chi connectivity index (χ3n) is 2.49. The van der Waals surface area contributed by atoms with Crippen molar-refractivity contribution in [1.82, 2.24) is 0 Å². The lowest BCUT2D eigenvalue weighted by Gasteiger charge is -2.25. The highest BCUT2D eigenvalue weighted by molar-refractivity contribution is 5.85. The molecule has 0 aliphatic rings. The predicted molar refractivity (Wildman–Crippen MR) is 60.3 cm³/mol. The minimum Gasteiger partial charge on any atom is -0.322 e. The van der Waals surface area contributed by atoms with Crippen LogP contribution in [0.4, 0.5) is 0 Å². The number of hydrogen-bond acceptors (Lipinski definition) is 1. The van der Waals surface area contributed by atoms with Crippen LogP contribution in [0.15, 0.2) is 24.3 Å². The van der Waals surface area contributed by atoms with Gasteiger partial charge in [-0.05, 0) is 31.4 Å². The van der Waals surface area contributed by atoms with Gasteiger partial charge in [-0.2, -0.15) is 0 Å². The number of nitrogens with two attached hydrogens (primary N) is 1. The molecule has 0 spiro atoms. The summed E-state index contributed by atoms with van der Waals surface area (Å²) < 4.78 is 0. The van der Waals surface area contributed by atoms with Gasteiger partial charge in [0.05, 0.1) is 0 Å². The number of rotatable bonds is 2. The van der Waals surface area contributed by atoms with Crippen LogP contribution >= 0.6 is 12.4 Å². The number of benzene rings is 1. The first-order chi connectivity index (χ1) is 5.58. The summed E-state index contributed by atoms with van der Waals surface area (Å²) in [5, 5.41) is 0. The average Bonchev–Trinajstić information content (AvgIpc) is 2.05. The summed E-state index contributed by atoms with van der Waals surface area (Å²) in [7, 11) is 0. The molecule has 2 heteroatoms. The van der Waals surface area contributed by atoms with Crippen LogP contribution in [-0.2, 0) is 5.54 Å². The van der Waals surface area contributed by atoms with Crippen LogP contribution in [0.1, 0.15) is 31.4 Å². The highest BCUT2D eigenvalue weighted by Gasteiger charge is 2.19. The second kappa shape index (κ2) is 4.64. The maximum atomic E-state index is 6.14. The van der Waals surface area contributed by atoms with Crippen molar-refractivity contribution < 1.29 is 0 Å². The molecule has 0 heterocycles. The van der Waals surface area contributed by atoms with Gasteiger partial charge >= 0.3 is 0 Å². The minimum absolute atomic E-state index is 0. The van der Waals surface area contributed by atoms with Gasteiger partial charge in [0, 0.05) is 5.54 Å². The van der Waals surface area contributed by atoms with Crippen LogP contribution in [0.25, 0.3) is 0 Å². The van der Waals surface area contributed by atoms with Crippen LogP contribution < -0.4 is 5.73 Å². The molecule has 13 heavy (non-hydrogen) atoms. The van der Waals surface area contributed by atoms with E-state index in [-0.39, 0.29) is 17.9 Å². The molecule has 0 saturated carbocycles. The molecule has 0 radical (unpaired) electrons. The SMILES string of the molecule is CCC(C)(N)c1ccccc1C.Cl. The lowest BCUT2D eigenvalue weighted by molar-refractivity contribution is 0.474. The fourth-order valence-corrected chi connectivity index (χ4v) is 1.40. The summed E-state index contributed by atoms with van der Waals surface area (Å²) in [6, 6.07) is 8.31. The van der Waals surface area contributed by atoms with Gasteiger partial charge in [0.2, 0.25) is 0 Å². The zero-order chi connectivity index (χ0) is 9.19. The summed E-state index contributed by atoms with van der Waals surface area (Å²) in [5.74, 6) is 0. The maximum Gasteiger partial charge on any atom is 0.0381 e. The van der Waals surface area contributed by atoms with Gasteiger partial charge in [0.1, 0.15) is 0 Å². The Labute approximate surface area is 86.7 Å². The smallest absolute Gasteiger partial charge is 0.0381 e. The van der Waals surface area contributed by atoms with E-state index in [2.05, 4.69) is 32.9 Å². The monoisotopic (exact) mass is 199 g/mol. The molecule has 1 nitrogen and oxygen atoms in total. The first kappa shape index (κ1) is 12.5. The molecular weight excluding hydrogens is 182 g/mol. The van der Waals surface area contributed by atoms with E-state index in [1.54, 1.807) is 0 Å². The van der Waals surface area contributed by atoms with Crippen molar-refractivity contribution in [2.75, 3.05) is 0 Å². The van der Waals surface area contributed by atoms with Crippen molar-refractivity contribution in [3.63, 3.8) is 0 Å². The van der Waals surface area contributed by atoms with Gasteiger partial charge in [-0.3, -0.25) is 0 Å². The van der Waals surface area contributed by atoms with Gasteiger partial charge in [-0.15, -0.1) is 12.4 Å². The van der Waals surface area contributed by atoms with Crippen molar-refractivity contribution >= 4 is 12.4 Å². The molecule has 74 valence electrons. The Kier molecular flexibility index (Phi) is 4.45. The van der Waals surface area contributed by atoms with Gasteiger partial charge < -0.3 is 5.73 Å². The fourth-order valence-electron chi connectivity index (χ4n) is 1.40. The van der Waals surface area contributed by atoms with Crippen LogP contribution in [0.5, 0.6) is 0 Å². The van der Waals surface area contributed by atoms with Crippen molar-refractivity contribution in [2.45, 2.75) is 32.7 Å². The fraction of sp³-hybridized carbons (Fsp3) is 0.455. The van der Waals surface area contributed by atoms with Crippen molar-refractivity contribution in [2.24, 2.45) is 5.73 Å². The topological polar surface area (TPSA) is 26.0 Å². The Morgan fingerprint density at radius 2 is 1.85 bits per heavy atom. The first-order valence-corrected chi connectivity index (χ1v) is 4.43. The van der Waals surface area contributed by atoms with Crippen molar-refractivity contribution in [1.29, 1.82) is 0 Å². The lowest BCUT2D eigenvalue weighted by atomic mass is 9.87. The quantitative estimate of drug-likeness (QED) is 0.779. The summed E-state index contributed by atoms with van der Waals surface area (Å²) in [6.07, 6.45) is 0.970. The second-order valence-electron chi connectivity index (χ2n) is 3.59. The van der Waals surface area contributed by atoms with E-state index >= 15 is 0 Å². The third kappa shape index (κ3) is 2.71. The Morgan fingerprint density at radius 1 is 1.31 bits per heavy atom. The highest BCUT2D eigenvalue weighted by Crippen LogP contribution is 2.23. The highest BCUT2D eigenvalue weighted by atomic mass is 35.5. The molecule has 1 rings (SSSR count). The summed E-state index contributed by atoms with van der Waals surface area (Å²) >= 11 is 0. The Bertz CT molecular complexity index is 269. The summed E-state index contributed by atoms with van der Waals surface area (Å²) in [4.78, 5) is 0. The van der Waals surface area contributed by atoms with E-state index in [0.717, 1.165) is 6.42 Å². The van der Waals surface area contributed by atoms with E-state index in [1.807, 2.05) is 12.1 Å². The molecule has 0 saturated heterocycles. The summed E-state index contributed by atoms with van der Waals surface area (Å²) in [5.41, 5.74) is 8.50. The number of aryl methyl sites for hydroxylation is 1. The Morgan fingerprint density at radius 3 is 2.31 bits per heavy atom. The molecular formula is C11H18ClN. The lowest BCUT2D eigenvalue weighted by Crippen LogP contribution is -2.32. The van der Waals surface area contributed by atoms with Gasteiger partial charge in [-0.1, -0.05) is 31.2 Å². The molecule has 1 aromatic rings. The van der Waals surface area contributed by atoms with Crippen molar-refractivity contribution in [3.8, 4) is 0 Å². The first-order valence-electron chi connectivity index (χ1n) is 4.43. The van der Waals surface area contributed by atoms with Gasteiger partial charge in [0.15, 0.2) is 0 Å². The van der Waals surface area contributed by atoms with E-state index < -0.39 is 0 Å². The zero-order valence-corrected chi connectivity index (χ0v) is 9.32. The molecule has 0 amide bonds. The van der Waals surface area contributed by atoms with Crippen LogP contribution in [0, 0.1) is 6.92 Å². The average molecular weight is 200 g/mol. The molecule has 1 aromatic carbocycles. The summed E-state index contributed by atoms with van der Waals surface area (Å²) in [6.45, 7) is 6.30. The van der Waals surface area contributed by atoms with E-state index in [4.69, 9.17) is 5.73 Å². The molecule has 0 fully saturated rings. The molecule has 1 atom stereocenters. The van der Waals surface area contributed by atoms with E-state index in [1.165, 1.54) is 11.1 Å². The molecule has 0 aliphatic heterocycles. The predicted octanol–water partition coefficient (Wildman–Crippen LogP) is 3.00. The van der Waals surface area contributed by atoms with Crippen LogP contribution in [0.2, 0.25) is 0 Å². The zero-order valence-electron chi connectivity index (χ0n) is 8.50. The van der Waals surface area contributed by atoms with Crippen LogP contribution in [0.3, 0.4) is 0 Å². The van der Waals surface area contributed by atoms with Crippen LogP contribution in [-0.4, -0.2) is 0 Å². The number of halogens is 1. The third-order valence-corrected chi connectivity index (χ3v) is 2.49. The van der Waals surface area contributed by atoms with Gasteiger partial charge in [0.25, 0.3) is 0 Å². The maximum absolute atomic E-state index is 6.14. The van der Waals surface area contributed by atoms with Gasteiger partial charge in [-0.25, -0.2) is 0 Å². The Hall–Kier alpha value is -0.530.